The van der Waals surface area contributed by atoms with E-state index in [1.807, 2.05) is 42.9 Å². The average molecular weight is 358 g/mol. The number of guanidine groups is 1. The Hall–Kier alpha value is -2.50. The third-order valence-corrected chi connectivity index (χ3v) is 4.52. The number of nitrogens with one attached hydrogen (secondary N) is 2. The van der Waals surface area contributed by atoms with Gasteiger partial charge in [0.15, 0.2) is 5.96 Å². The highest BCUT2D eigenvalue weighted by atomic mass is 16.5. The molecule has 0 aliphatic rings. The topological polar surface area (TPSA) is 63.5 Å². The van der Waals surface area contributed by atoms with E-state index in [1.165, 1.54) is 11.3 Å². The van der Waals surface area contributed by atoms with Gasteiger partial charge < -0.3 is 15.4 Å². The molecule has 6 heteroatoms. The van der Waals surface area contributed by atoms with E-state index < -0.39 is 0 Å². The van der Waals surface area contributed by atoms with Crippen molar-refractivity contribution in [3.8, 4) is 5.75 Å². The van der Waals surface area contributed by atoms with Crippen LogP contribution in [0, 0.1) is 20.8 Å². The number of ether oxygens (including phenoxy) is 1. The van der Waals surface area contributed by atoms with Gasteiger partial charge in [0, 0.05) is 25.8 Å². The molecule has 142 valence electrons. The van der Waals surface area contributed by atoms with Gasteiger partial charge in [0.1, 0.15) is 12.4 Å². The Balaban J connectivity index is 1.79. The number of nitrogens with zero attached hydrogens (tertiary/aromatic N) is 3. The molecule has 0 aliphatic heterocycles. The van der Waals surface area contributed by atoms with Crippen LogP contribution in [0.2, 0.25) is 0 Å². The second-order valence-corrected chi connectivity index (χ2v) is 6.64. The van der Waals surface area contributed by atoms with Gasteiger partial charge in [0.05, 0.1) is 12.2 Å². The lowest BCUT2D eigenvalue weighted by molar-refractivity contribution is 0.319. The van der Waals surface area contributed by atoms with Crippen LogP contribution in [0.3, 0.4) is 0 Å². The fourth-order valence-electron chi connectivity index (χ4n) is 2.95. The maximum Gasteiger partial charge on any atom is 0.191 e. The molecule has 2 N–H and O–H groups in total. The molecule has 0 amide bonds. The van der Waals surface area contributed by atoms with Gasteiger partial charge in [-0.05, 0) is 51.3 Å². The smallest absolute Gasteiger partial charge is 0.191 e. The molecular weight excluding hydrogens is 326 g/mol. The van der Waals surface area contributed by atoms with Crippen molar-refractivity contribution in [1.29, 1.82) is 0 Å². The number of rotatable bonds is 7. The predicted octanol–water partition coefficient (Wildman–Crippen LogP) is 2.52. The maximum atomic E-state index is 5.81. The molecule has 1 aromatic heterocycles. The second-order valence-electron chi connectivity index (χ2n) is 6.64. The van der Waals surface area contributed by atoms with Crippen LogP contribution < -0.4 is 15.4 Å². The molecule has 2 aromatic rings. The first-order chi connectivity index (χ1) is 12.4. The Labute approximate surface area is 156 Å². The molecule has 0 radical (unpaired) electrons. The fraction of sp³-hybridized carbons (Fsp3) is 0.500. The lowest BCUT2D eigenvalue weighted by Crippen LogP contribution is -2.44. The Morgan fingerprint density at radius 3 is 2.62 bits per heavy atom. The monoisotopic (exact) mass is 357 g/mol. The quantitative estimate of drug-likeness (QED) is 0.454. The standard InChI is InChI=1S/C20H31N5O/c1-14-9-7-8-10-19(14)26-12-11-22-20(21-5)23-15(2)13-18-16(3)24-25(6)17(18)4/h7-10,15H,11-13H2,1-6H3,(H2,21,22,23). The molecule has 1 aromatic carbocycles. The van der Waals surface area contributed by atoms with Gasteiger partial charge in [-0.15, -0.1) is 0 Å². The Morgan fingerprint density at radius 1 is 1.27 bits per heavy atom. The zero-order valence-corrected chi connectivity index (χ0v) is 16.8. The molecular formula is C20H31N5O. The maximum absolute atomic E-state index is 5.81. The first-order valence-corrected chi connectivity index (χ1v) is 9.07. The second kappa shape index (κ2) is 9.27. The fourth-order valence-corrected chi connectivity index (χ4v) is 2.95. The number of aliphatic imine (C=N–C) groups is 1. The van der Waals surface area contributed by atoms with Crippen LogP contribution in [0.4, 0.5) is 0 Å². The van der Waals surface area contributed by atoms with Crippen LogP contribution in [-0.2, 0) is 13.5 Å². The highest BCUT2D eigenvalue weighted by molar-refractivity contribution is 5.79. The summed E-state index contributed by atoms with van der Waals surface area (Å²) in [5.41, 5.74) is 4.75. The highest BCUT2D eigenvalue weighted by Gasteiger charge is 2.13. The van der Waals surface area contributed by atoms with E-state index >= 15 is 0 Å². The minimum absolute atomic E-state index is 0.250. The van der Waals surface area contributed by atoms with E-state index in [0.29, 0.717) is 13.2 Å². The van der Waals surface area contributed by atoms with Crippen molar-refractivity contribution in [3.05, 3.63) is 46.8 Å². The number of hydrogen-bond acceptors (Lipinski definition) is 3. The minimum atomic E-state index is 0.250. The third-order valence-electron chi connectivity index (χ3n) is 4.52. The van der Waals surface area contributed by atoms with E-state index in [0.717, 1.165) is 29.4 Å². The van der Waals surface area contributed by atoms with Gasteiger partial charge in [-0.3, -0.25) is 9.67 Å². The number of benzene rings is 1. The van der Waals surface area contributed by atoms with E-state index in [-0.39, 0.29) is 6.04 Å². The highest BCUT2D eigenvalue weighted by Crippen LogP contribution is 2.16. The van der Waals surface area contributed by atoms with Crippen molar-refractivity contribution in [2.45, 2.75) is 40.2 Å². The molecule has 1 unspecified atom stereocenters. The van der Waals surface area contributed by atoms with Gasteiger partial charge >= 0.3 is 0 Å². The molecule has 0 bridgehead atoms. The summed E-state index contributed by atoms with van der Waals surface area (Å²) >= 11 is 0. The Bertz CT molecular complexity index is 751. The predicted molar refractivity (Wildman–Crippen MR) is 107 cm³/mol. The van der Waals surface area contributed by atoms with Crippen molar-refractivity contribution < 1.29 is 4.74 Å². The van der Waals surface area contributed by atoms with Crippen LogP contribution in [0.1, 0.15) is 29.4 Å². The summed E-state index contributed by atoms with van der Waals surface area (Å²) in [5.74, 6) is 1.71. The summed E-state index contributed by atoms with van der Waals surface area (Å²) in [6.45, 7) is 9.64. The molecule has 0 fully saturated rings. The van der Waals surface area contributed by atoms with Crippen molar-refractivity contribution in [1.82, 2.24) is 20.4 Å². The number of para-hydroxylation sites is 1. The first-order valence-electron chi connectivity index (χ1n) is 9.07. The van der Waals surface area contributed by atoms with Gasteiger partial charge in [0.25, 0.3) is 0 Å². The molecule has 6 nitrogen and oxygen atoms in total. The Morgan fingerprint density at radius 2 is 2.00 bits per heavy atom. The van der Waals surface area contributed by atoms with Crippen LogP contribution in [0.15, 0.2) is 29.3 Å². The van der Waals surface area contributed by atoms with Gasteiger partial charge in [-0.2, -0.15) is 5.10 Å². The summed E-state index contributed by atoms with van der Waals surface area (Å²) in [6, 6.07) is 8.29. The summed E-state index contributed by atoms with van der Waals surface area (Å²) in [4.78, 5) is 4.30. The molecule has 0 aliphatic carbocycles. The summed E-state index contributed by atoms with van der Waals surface area (Å²) < 4.78 is 7.75. The average Bonchev–Trinajstić information content (AvgIpc) is 2.85. The van der Waals surface area contributed by atoms with Crippen LogP contribution in [0.5, 0.6) is 5.75 Å². The number of aromatic nitrogens is 2. The van der Waals surface area contributed by atoms with Crippen molar-refractivity contribution in [3.63, 3.8) is 0 Å². The lowest BCUT2D eigenvalue weighted by atomic mass is 10.1. The van der Waals surface area contributed by atoms with Crippen molar-refractivity contribution in [2.24, 2.45) is 12.0 Å². The third kappa shape index (κ3) is 5.25. The molecule has 0 saturated heterocycles. The first kappa shape index (κ1) is 19.8. The molecule has 1 atom stereocenters. The lowest BCUT2D eigenvalue weighted by Gasteiger charge is -2.18. The van der Waals surface area contributed by atoms with E-state index in [4.69, 9.17) is 4.74 Å². The summed E-state index contributed by atoms with van der Waals surface area (Å²) in [7, 11) is 3.77. The summed E-state index contributed by atoms with van der Waals surface area (Å²) in [5, 5.41) is 11.2. The van der Waals surface area contributed by atoms with Crippen LogP contribution in [0.25, 0.3) is 0 Å². The number of hydrogen-bond donors (Lipinski definition) is 2. The van der Waals surface area contributed by atoms with Crippen LogP contribution >= 0.6 is 0 Å². The Kier molecular flexibility index (Phi) is 7.06. The van der Waals surface area contributed by atoms with Gasteiger partial charge in [0.2, 0.25) is 0 Å². The van der Waals surface area contributed by atoms with E-state index in [9.17, 15) is 0 Å². The molecule has 0 spiro atoms. The van der Waals surface area contributed by atoms with Crippen molar-refractivity contribution in [2.75, 3.05) is 20.2 Å². The van der Waals surface area contributed by atoms with Gasteiger partial charge in [-0.1, -0.05) is 18.2 Å². The van der Waals surface area contributed by atoms with Crippen molar-refractivity contribution >= 4 is 5.96 Å². The van der Waals surface area contributed by atoms with E-state index in [2.05, 4.69) is 41.5 Å². The molecule has 1 heterocycles. The summed E-state index contributed by atoms with van der Waals surface area (Å²) in [6.07, 6.45) is 0.909. The SMILES string of the molecule is CN=C(NCCOc1ccccc1C)NC(C)Cc1c(C)nn(C)c1C. The molecule has 26 heavy (non-hydrogen) atoms. The van der Waals surface area contributed by atoms with E-state index in [1.54, 1.807) is 7.05 Å². The van der Waals surface area contributed by atoms with Crippen LogP contribution in [-0.4, -0.2) is 42.0 Å². The zero-order valence-electron chi connectivity index (χ0n) is 16.8. The molecule has 2 rings (SSSR count). The molecule has 0 saturated carbocycles. The number of aryl methyl sites for hydroxylation is 3. The van der Waals surface area contributed by atoms with Gasteiger partial charge in [-0.25, -0.2) is 0 Å². The minimum Gasteiger partial charge on any atom is -0.491 e. The normalized spacial score (nSPS) is 12.8. The zero-order chi connectivity index (χ0) is 19.1. The largest absolute Gasteiger partial charge is 0.491 e.